The van der Waals surface area contributed by atoms with Gasteiger partial charge in [-0.1, -0.05) is 83.1 Å². The Balaban J connectivity index is 1.67. The SMILES string of the molecule is CCOC1O[C@@H]2[C@@H](COc3c(C(C)(C)C)cc(SC(C)(C)Sc4cc(C(C)(C)C)c(O)c(C(C)(C)C)c4)cc3C(C)(C)C)OC(=O)[C@@H]2O1. The number of cyclic esters (lactones) is 1. The molecule has 0 aliphatic carbocycles. The molecule has 48 heavy (non-hydrogen) atoms. The maximum atomic E-state index is 12.6. The van der Waals surface area contributed by atoms with Crippen LogP contribution in [0.5, 0.6) is 11.5 Å². The molecule has 2 aliphatic heterocycles. The number of carbonyl (C=O) groups excluding carboxylic acids is 1. The van der Waals surface area contributed by atoms with Crippen LogP contribution in [0, 0.1) is 0 Å². The predicted octanol–water partition coefficient (Wildman–Crippen LogP) is 9.61. The molecule has 0 bridgehead atoms. The van der Waals surface area contributed by atoms with Crippen LogP contribution in [-0.4, -0.2) is 53.2 Å². The Bertz CT molecular complexity index is 1420. The van der Waals surface area contributed by atoms with Gasteiger partial charge in [-0.25, -0.2) is 4.79 Å². The Kier molecular flexibility index (Phi) is 11.1. The fraction of sp³-hybridized carbons (Fsp3) is 0.667. The second-order valence-electron chi connectivity index (χ2n) is 17.5. The normalized spacial score (nSPS) is 22.2. The maximum absolute atomic E-state index is 12.6. The first-order chi connectivity index (χ1) is 21.8. The summed E-state index contributed by atoms with van der Waals surface area (Å²) in [5.74, 6) is 0.758. The molecule has 0 saturated carbocycles. The molecule has 0 radical (unpaired) electrons. The number of phenols is 1. The van der Waals surface area contributed by atoms with Gasteiger partial charge < -0.3 is 28.8 Å². The average Bonchev–Trinajstić information content (AvgIpc) is 3.45. The second kappa shape index (κ2) is 13.7. The first-order valence-electron chi connectivity index (χ1n) is 17.0. The van der Waals surface area contributed by atoms with Gasteiger partial charge in [0.15, 0.2) is 12.2 Å². The molecule has 0 amide bonds. The minimum atomic E-state index is -0.880. The Labute approximate surface area is 297 Å². The molecule has 4 rings (SSSR count). The molecule has 2 heterocycles. The van der Waals surface area contributed by atoms with E-state index in [-0.39, 0.29) is 32.3 Å². The molecule has 1 unspecified atom stereocenters. The van der Waals surface area contributed by atoms with Crippen LogP contribution in [0.1, 0.15) is 126 Å². The fourth-order valence-corrected chi connectivity index (χ4v) is 8.61. The summed E-state index contributed by atoms with van der Waals surface area (Å²) in [5.41, 5.74) is 3.25. The number of phenolic OH excluding ortho intramolecular Hbond substituents is 1. The lowest BCUT2D eigenvalue weighted by Gasteiger charge is -2.33. The van der Waals surface area contributed by atoms with Crippen LogP contribution in [-0.2, 0) is 45.4 Å². The number of thioether (sulfide) groups is 2. The van der Waals surface area contributed by atoms with Crippen molar-refractivity contribution < 1.29 is 33.6 Å². The molecule has 2 aromatic rings. The summed E-state index contributed by atoms with van der Waals surface area (Å²) >= 11 is 3.64. The van der Waals surface area contributed by atoms with Crippen molar-refractivity contribution in [2.24, 2.45) is 0 Å². The summed E-state index contributed by atoms with van der Waals surface area (Å²) in [6, 6.07) is 8.82. The van der Waals surface area contributed by atoms with E-state index in [9.17, 15) is 9.90 Å². The second-order valence-corrected chi connectivity index (χ2v) is 21.2. The summed E-state index contributed by atoms with van der Waals surface area (Å²) in [4.78, 5) is 14.9. The molecule has 2 aromatic carbocycles. The number of carbonyl (C=O) groups is 1. The van der Waals surface area contributed by atoms with Crippen LogP contribution < -0.4 is 4.74 Å². The summed E-state index contributed by atoms with van der Waals surface area (Å²) < 4.78 is 29.0. The number of hydrogen-bond acceptors (Lipinski definition) is 9. The Morgan fingerprint density at radius 2 is 1.15 bits per heavy atom. The minimum Gasteiger partial charge on any atom is -0.507 e. The first-order valence-corrected chi connectivity index (χ1v) is 18.7. The van der Waals surface area contributed by atoms with Crippen molar-refractivity contribution in [3.8, 4) is 11.5 Å². The summed E-state index contributed by atoms with van der Waals surface area (Å²) in [7, 11) is 0. The van der Waals surface area contributed by atoms with Crippen molar-refractivity contribution in [2.45, 2.75) is 164 Å². The third-order valence-corrected chi connectivity index (χ3v) is 10.9. The Morgan fingerprint density at radius 1 is 0.708 bits per heavy atom. The number of aromatic hydroxyl groups is 1. The lowest BCUT2D eigenvalue weighted by molar-refractivity contribution is -0.252. The Hall–Kier alpha value is -1.91. The van der Waals surface area contributed by atoms with Crippen LogP contribution in [0.15, 0.2) is 34.1 Å². The lowest BCUT2D eigenvalue weighted by Crippen LogP contribution is -2.34. The maximum Gasteiger partial charge on any atom is 0.338 e. The summed E-state index contributed by atoms with van der Waals surface area (Å²) in [5, 5.41) is 11.3. The van der Waals surface area contributed by atoms with Gasteiger partial charge in [0.1, 0.15) is 24.2 Å². The van der Waals surface area contributed by atoms with Gasteiger partial charge in [-0.3, -0.25) is 0 Å². The first kappa shape index (κ1) is 38.9. The van der Waals surface area contributed by atoms with Gasteiger partial charge in [0.2, 0.25) is 0 Å². The third-order valence-electron chi connectivity index (χ3n) is 8.49. The standard InChI is InChI=1S/C39H58O7S2/c1-16-42-34-45-31-28(44-33(41)32(31)46-34)21-43-30-26(37(8,9)10)19-23(20-27(30)38(11,12)13)48-39(14,15)47-22-17-24(35(2,3)4)29(40)25(18-22)36(5,6)7/h17-20,28,31-32,34,40H,16,21H2,1-15H3/t28-,31-,32-,34?/m1/s1. The van der Waals surface area contributed by atoms with E-state index < -0.39 is 30.8 Å². The molecule has 2 aliphatic rings. The molecular formula is C39H58O7S2. The van der Waals surface area contributed by atoms with Gasteiger partial charge in [0.05, 0.1) is 4.08 Å². The largest absolute Gasteiger partial charge is 0.507 e. The van der Waals surface area contributed by atoms with Crippen molar-refractivity contribution >= 4 is 29.5 Å². The van der Waals surface area contributed by atoms with Gasteiger partial charge in [-0.05, 0) is 66.7 Å². The fourth-order valence-electron chi connectivity index (χ4n) is 6.02. The molecule has 7 nitrogen and oxygen atoms in total. The predicted molar refractivity (Wildman–Crippen MR) is 196 cm³/mol. The van der Waals surface area contributed by atoms with Crippen LogP contribution in [0.4, 0.5) is 0 Å². The van der Waals surface area contributed by atoms with Gasteiger partial charge in [-0.15, -0.1) is 23.5 Å². The van der Waals surface area contributed by atoms with Gasteiger partial charge in [-0.2, -0.15) is 0 Å². The highest BCUT2D eigenvalue weighted by molar-refractivity contribution is 8.18. The van der Waals surface area contributed by atoms with Crippen molar-refractivity contribution in [1.82, 2.24) is 0 Å². The topological polar surface area (TPSA) is 83.5 Å². The van der Waals surface area contributed by atoms with E-state index in [1.807, 2.05) is 30.4 Å². The molecule has 0 aromatic heterocycles. The average molecular weight is 703 g/mol. The molecule has 268 valence electrons. The van der Waals surface area contributed by atoms with Crippen molar-refractivity contribution in [2.75, 3.05) is 13.2 Å². The van der Waals surface area contributed by atoms with Crippen LogP contribution >= 0.6 is 23.5 Å². The molecule has 2 saturated heterocycles. The zero-order valence-electron chi connectivity index (χ0n) is 31.7. The van der Waals surface area contributed by atoms with Gasteiger partial charge in [0, 0.05) is 38.7 Å². The lowest BCUT2D eigenvalue weighted by atomic mass is 9.79. The highest BCUT2D eigenvalue weighted by Crippen LogP contribution is 2.51. The highest BCUT2D eigenvalue weighted by atomic mass is 32.2. The zero-order chi connectivity index (χ0) is 36.2. The molecule has 4 atom stereocenters. The number of fused-ring (bicyclic) bond motifs is 1. The van der Waals surface area contributed by atoms with E-state index in [0.717, 1.165) is 37.8 Å². The van der Waals surface area contributed by atoms with Crippen LogP contribution in [0.3, 0.4) is 0 Å². The molecule has 2 fully saturated rings. The summed E-state index contributed by atoms with van der Waals surface area (Å²) in [6.07, 6.45) is -2.01. The smallest absolute Gasteiger partial charge is 0.338 e. The van der Waals surface area contributed by atoms with E-state index in [1.165, 1.54) is 0 Å². The van der Waals surface area contributed by atoms with Crippen molar-refractivity contribution in [3.63, 3.8) is 0 Å². The monoisotopic (exact) mass is 702 g/mol. The van der Waals surface area contributed by atoms with Crippen LogP contribution in [0.2, 0.25) is 0 Å². The molecular weight excluding hydrogens is 645 g/mol. The van der Waals surface area contributed by atoms with Crippen LogP contribution in [0.25, 0.3) is 0 Å². The van der Waals surface area contributed by atoms with Gasteiger partial charge >= 0.3 is 5.97 Å². The minimum absolute atomic E-state index is 0.141. The van der Waals surface area contributed by atoms with E-state index in [0.29, 0.717) is 12.4 Å². The highest BCUT2D eigenvalue weighted by Gasteiger charge is 2.54. The van der Waals surface area contributed by atoms with Crippen molar-refractivity contribution in [1.29, 1.82) is 0 Å². The van der Waals surface area contributed by atoms with Gasteiger partial charge in [0.25, 0.3) is 6.48 Å². The van der Waals surface area contributed by atoms with E-state index in [2.05, 4.69) is 121 Å². The Morgan fingerprint density at radius 3 is 1.56 bits per heavy atom. The van der Waals surface area contributed by atoms with E-state index in [4.69, 9.17) is 23.7 Å². The number of esters is 1. The number of rotatable bonds is 9. The summed E-state index contributed by atoms with van der Waals surface area (Å²) in [6.45, 7) is 32.1. The quantitative estimate of drug-likeness (QED) is 0.156. The molecule has 9 heteroatoms. The molecule has 0 spiro atoms. The van der Waals surface area contributed by atoms with Crippen molar-refractivity contribution in [3.05, 3.63) is 46.5 Å². The number of benzene rings is 2. The number of ether oxygens (including phenoxy) is 5. The molecule has 1 N–H and O–H groups in total. The zero-order valence-corrected chi connectivity index (χ0v) is 33.4. The van der Waals surface area contributed by atoms with E-state index in [1.54, 1.807) is 0 Å². The third kappa shape index (κ3) is 8.87. The van der Waals surface area contributed by atoms with E-state index >= 15 is 0 Å². The number of hydrogen-bond donors (Lipinski definition) is 1.